The van der Waals surface area contributed by atoms with E-state index in [1.165, 1.54) is 37.7 Å². The van der Waals surface area contributed by atoms with Crippen molar-refractivity contribution in [1.82, 2.24) is 0 Å². The fourth-order valence-corrected chi connectivity index (χ4v) is 5.69. The molecule has 0 saturated heterocycles. The van der Waals surface area contributed by atoms with Gasteiger partial charge in [0.15, 0.2) is 0 Å². The molecule has 0 fully saturated rings. The Hall–Kier alpha value is -1.60. The van der Waals surface area contributed by atoms with Crippen LogP contribution in [0.15, 0.2) is 43.9 Å². The van der Waals surface area contributed by atoms with E-state index in [4.69, 9.17) is 32.7 Å². The molecule has 2 aliphatic rings. The zero-order valence-electron chi connectivity index (χ0n) is 13.5. The van der Waals surface area contributed by atoms with E-state index in [9.17, 15) is 9.59 Å². The highest BCUT2D eigenvalue weighted by atomic mass is 35.5. The maximum Gasteiger partial charge on any atom is 0.202 e. The van der Waals surface area contributed by atoms with E-state index in [0.29, 0.717) is 52.3 Å². The number of thioether (sulfide) groups is 2. The van der Waals surface area contributed by atoms with E-state index in [2.05, 4.69) is 0 Å². The van der Waals surface area contributed by atoms with Crippen molar-refractivity contribution in [2.45, 2.75) is 9.79 Å². The van der Waals surface area contributed by atoms with Crippen LogP contribution < -0.4 is 9.47 Å². The molecule has 4 nitrogen and oxygen atoms in total. The van der Waals surface area contributed by atoms with Crippen LogP contribution in [0.5, 0.6) is 11.5 Å². The van der Waals surface area contributed by atoms with Crippen molar-refractivity contribution in [3.8, 4) is 11.5 Å². The van der Waals surface area contributed by atoms with Gasteiger partial charge in [0, 0.05) is 21.2 Å². The predicted octanol–water partition coefficient (Wildman–Crippen LogP) is 5.50. The molecule has 0 atom stereocenters. The van der Waals surface area contributed by atoms with Gasteiger partial charge in [-0.3, -0.25) is 9.59 Å². The number of carbonyl (C=O) groups excluding carboxylic acids is 2. The van der Waals surface area contributed by atoms with Gasteiger partial charge in [-0.1, -0.05) is 46.7 Å². The summed E-state index contributed by atoms with van der Waals surface area (Å²) < 4.78 is 10.7. The number of Topliss-reactive ketones (excluding diaryl/α,β-unsaturated/α-hetero) is 2. The van der Waals surface area contributed by atoms with Crippen LogP contribution in [-0.2, 0) is 0 Å². The Morgan fingerprint density at radius 1 is 0.731 bits per heavy atom. The number of benzene rings is 2. The van der Waals surface area contributed by atoms with Gasteiger partial charge in [-0.05, 0) is 24.3 Å². The van der Waals surface area contributed by atoms with Crippen molar-refractivity contribution in [1.29, 1.82) is 0 Å². The summed E-state index contributed by atoms with van der Waals surface area (Å²) in [7, 11) is 3.03. The zero-order valence-corrected chi connectivity index (χ0v) is 16.7. The average molecular weight is 425 g/mol. The third kappa shape index (κ3) is 2.63. The van der Waals surface area contributed by atoms with Crippen molar-refractivity contribution in [2.75, 3.05) is 14.2 Å². The lowest BCUT2D eigenvalue weighted by Gasteiger charge is -2.05. The molecule has 2 aromatic rings. The Labute approximate surface area is 167 Å². The lowest BCUT2D eigenvalue weighted by atomic mass is 10.1. The van der Waals surface area contributed by atoms with E-state index in [0.717, 1.165) is 0 Å². The summed E-state index contributed by atoms with van der Waals surface area (Å²) in [5.74, 6) is 0.545. The second-order valence-electron chi connectivity index (χ2n) is 5.49. The van der Waals surface area contributed by atoms with Crippen LogP contribution in [0, 0.1) is 0 Å². The second kappa shape index (κ2) is 6.53. The number of ether oxygens (including phenoxy) is 2. The van der Waals surface area contributed by atoms with Gasteiger partial charge < -0.3 is 9.47 Å². The molecule has 0 bridgehead atoms. The number of carbonyl (C=O) groups is 2. The summed E-state index contributed by atoms with van der Waals surface area (Å²) in [5, 5.41) is 0.811. The molecule has 0 aromatic heterocycles. The summed E-state index contributed by atoms with van der Waals surface area (Å²) >= 11 is 14.6. The minimum absolute atomic E-state index is 0.237. The van der Waals surface area contributed by atoms with Gasteiger partial charge in [0.25, 0.3) is 0 Å². The van der Waals surface area contributed by atoms with Crippen LogP contribution in [0.2, 0.25) is 10.0 Å². The maximum atomic E-state index is 12.9. The van der Waals surface area contributed by atoms with Crippen LogP contribution >= 0.6 is 46.7 Å². The van der Waals surface area contributed by atoms with E-state index in [1.807, 2.05) is 0 Å². The number of halogens is 2. The largest absolute Gasteiger partial charge is 0.495 e. The number of ketones is 2. The van der Waals surface area contributed by atoms with Gasteiger partial charge in [0.05, 0.1) is 33.8 Å². The number of fused-ring (bicyclic) bond motifs is 2. The number of allylic oxidation sites excluding steroid dienone is 2. The van der Waals surface area contributed by atoms with Crippen LogP contribution in [-0.4, -0.2) is 25.8 Å². The molecule has 0 amide bonds. The third-order valence-electron chi connectivity index (χ3n) is 4.00. The zero-order chi connectivity index (χ0) is 18.6. The predicted molar refractivity (Wildman–Crippen MR) is 103 cm³/mol. The first-order chi connectivity index (χ1) is 12.4. The lowest BCUT2D eigenvalue weighted by molar-refractivity contribution is 0.101. The topological polar surface area (TPSA) is 52.6 Å². The Morgan fingerprint density at radius 3 is 1.46 bits per heavy atom. The monoisotopic (exact) mass is 424 g/mol. The van der Waals surface area contributed by atoms with Crippen molar-refractivity contribution >= 4 is 58.3 Å². The van der Waals surface area contributed by atoms with Crippen molar-refractivity contribution in [3.05, 3.63) is 55.2 Å². The molecule has 8 heteroatoms. The molecule has 2 aromatic carbocycles. The fourth-order valence-electron chi connectivity index (χ4n) is 2.83. The van der Waals surface area contributed by atoms with Crippen LogP contribution in [0.1, 0.15) is 20.7 Å². The maximum absolute atomic E-state index is 12.9. The normalized spacial score (nSPS) is 18.2. The molecule has 0 radical (unpaired) electrons. The molecule has 0 spiro atoms. The summed E-state index contributed by atoms with van der Waals surface area (Å²) in [6.45, 7) is 0. The number of hydrogen-bond acceptors (Lipinski definition) is 6. The van der Waals surface area contributed by atoms with Crippen LogP contribution in [0.25, 0.3) is 0 Å². The summed E-state index contributed by atoms with van der Waals surface area (Å²) in [6, 6.07) is 6.48. The van der Waals surface area contributed by atoms with E-state index in [1.54, 1.807) is 24.3 Å². The Morgan fingerprint density at radius 2 is 1.12 bits per heavy atom. The molecule has 26 heavy (non-hydrogen) atoms. The Kier molecular flexibility index (Phi) is 4.47. The van der Waals surface area contributed by atoms with Crippen molar-refractivity contribution in [3.63, 3.8) is 0 Å². The van der Waals surface area contributed by atoms with Crippen molar-refractivity contribution in [2.24, 2.45) is 0 Å². The number of methoxy groups -OCH3 is 2. The minimum Gasteiger partial charge on any atom is -0.495 e. The molecule has 132 valence electrons. The Bertz CT molecular complexity index is 949. The first kappa shape index (κ1) is 17.8. The molecule has 0 unspecified atom stereocenters. The number of hydrogen-bond donors (Lipinski definition) is 0. The van der Waals surface area contributed by atoms with Gasteiger partial charge in [-0.25, -0.2) is 0 Å². The smallest absolute Gasteiger partial charge is 0.202 e. The first-order valence-electron chi connectivity index (χ1n) is 7.39. The highest BCUT2D eigenvalue weighted by molar-refractivity contribution is 8.08. The molecule has 2 aliphatic heterocycles. The van der Waals surface area contributed by atoms with Gasteiger partial charge >= 0.3 is 0 Å². The molecular formula is C18H10Cl2O4S2. The van der Waals surface area contributed by atoms with Crippen LogP contribution in [0.4, 0.5) is 0 Å². The molecule has 0 saturated carbocycles. The molecule has 0 aliphatic carbocycles. The molecule has 4 rings (SSSR count). The summed E-state index contributed by atoms with van der Waals surface area (Å²) in [4.78, 5) is 27.9. The second-order valence-corrected chi connectivity index (χ2v) is 8.40. The minimum atomic E-state index is -0.237. The fraction of sp³-hybridized carbons (Fsp3) is 0.111. The summed E-state index contributed by atoms with van der Waals surface area (Å²) in [6.07, 6.45) is 0. The quantitative estimate of drug-likeness (QED) is 0.593. The molecule has 0 N–H and O–H groups in total. The summed E-state index contributed by atoms with van der Waals surface area (Å²) in [5.41, 5.74) is 0.882. The first-order valence-corrected chi connectivity index (χ1v) is 9.78. The standard InChI is InChI=1S/C18H10Cl2O4S2/c1-23-11-5-7(19)3-9-13(21)17(25-15(9)11)18-14(22)10-4-8(20)6-12(24-2)16(10)26-18/h3-6H,1-2H3. The van der Waals surface area contributed by atoms with Crippen LogP contribution in [0.3, 0.4) is 0 Å². The van der Waals surface area contributed by atoms with Gasteiger partial charge in [0.1, 0.15) is 11.5 Å². The highest BCUT2D eigenvalue weighted by Crippen LogP contribution is 2.54. The molecule has 2 heterocycles. The third-order valence-corrected chi connectivity index (χ3v) is 7.00. The average Bonchev–Trinajstić information content (AvgIpc) is 3.12. The SMILES string of the molecule is COc1cc(Cl)cc2c1SC(=C1Sc3c(OC)cc(Cl)cc3C1=O)C2=O. The van der Waals surface area contributed by atoms with Gasteiger partial charge in [-0.15, -0.1) is 0 Å². The van der Waals surface area contributed by atoms with Gasteiger partial charge in [0.2, 0.25) is 11.6 Å². The van der Waals surface area contributed by atoms with E-state index >= 15 is 0 Å². The highest BCUT2D eigenvalue weighted by Gasteiger charge is 2.39. The Balaban J connectivity index is 1.85. The number of rotatable bonds is 2. The van der Waals surface area contributed by atoms with E-state index in [-0.39, 0.29) is 11.6 Å². The van der Waals surface area contributed by atoms with Crippen molar-refractivity contribution < 1.29 is 19.1 Å². The molecular weight excluding hydrogens is 415 g/mol. The van der Waals surface area contributed by atoms with Gasteiger partial charge in [-0.2, -0.15) is 0 Å². The lowest BCUT2D eigenvalue weighted by Crippen LogP contribution is -2.02. The van der Waals surface area contributed by atoms with E-state index < -0.39 is 0 Å².